The Bertz CT molecular complexity index is 57.6. The second kappa shape index (κ2) is 16.5. The van der Waals surface area contributed by atoms with Crippen molar-refractivity contribution in [2.24, 2.45) is 0 Å². The van der Waals surface area contributed by atoms with Gasteiger partial charge in [0.2, 0.25) is 0 Å². The molecule has 0 aromatic heterocycles. The maximum atomic E-state index is 9.77. The Morgan fingerprint density at radius 2 is 1.70 bits per heavy atom. The van der Waals surface area contributed by atoms with E-state index in [0.29, 0.717) is 0 Å². The smallest absolute Gasteiger partial charge is 0.119 e. The average Bonchev–Trinajstić information content (AvgIpc) is 1.81. The summed E-state index contributed by atoms with van der Waals surface area (Å²) in [5.41, 5.74) is 0. The molecule has 0 saturated carbocycles. The molecule has 0 aliphatic rings. The summed E-state index contributed by atoms with van der Waals surface area (Å²) in [6.45, 7) is 2.17. The molecule has 62 valence electrons. The second-order valence-corrected chi connectivity index (χ2v) is 2.02. The first kappa shape index (κ1) is 17.2. The molecule has 0 amide bonds. The van der Waals surface area contributed by atoms with Gasteiger partial charge in [-0.25, -0.2) is 0 Å². The van der Waals surface area contributed by atoms with Crippen molar-refractivity contribution in [1.29, 1.82) is 0 Å². The SMILES string of the molecule is CCCCCCC=O.[Re].[Re]. The van der Waals surface area contributed by atoms with Crippen molar-refractivity contribution in [1.82, 2.24) is 0 Å². The molecule has 0 fully saturated rings. The van der Waals surface area contributed by atoms with Crippen LogP contribution in [-0.4, -0.2) is 6.29 Å². The van der Waals surface area contributed by atoms with Crippen LogP contribution in [0.2, 0.25) is 0 Å². The fraction of sp³-hybridized carbons (Fsp3) is 0.857. The molecule has 0 unspecified atom stereocenters. The van der Waals surface area contributed by atoms with Crippen LogP contribution in [0.25, 0.3) is 0 Å². The molecule has 0 aromatic carbocycles. The van der Waals surface area contributed by atoms with Crippen molar-refractivity contribution in [2.75, 3.05) is 0 Å². The van der Waals surface area contributed by atoms with Gasteiger partial charge in [0.15, 0.2) is 0 Å². The summed E-state index contributed by atoms with van der Waals surface area (Å²) in [5, 5.41) is 0. The fourth-order valence-electron chi connectivity index (χ4n) is 0.654. The van der Waals surface area contributed by atoms with E-state index in [1.54, 1.807) is 0 Å². The Morgan fingerprint density at radius 3 is 2.10 bits per heavy atom. The molecule has 0 aliphatic carbocycles. The van der Waals surface area contributed by atoms with Gasteiger partial charge >= 0.3 is 0 Å². The molecule has 3 heteroatoms. The number of hydrogen-bond donors (Lipinski definition) is 0. The summed E-state index contributed by atoms with van der Waals surface area (Å²) < 4.78 is 0. The van der Waals surface area contributed by atoms with Crippen LogP contribution in [0.15, 0.2) is 0 Å². The molecule has 0 atom stereocenters. The molecule has 0 aromatic rings. The summed E-state index contributed by atoms with van der Waals surface area (Å²) in [4.78, 5) is 9.77. The van der Waals surface area contributed by atoms with Gasteiger partial charge in [0, 0.05) is 47.3 Å². The van der Waals surface area contributed by atoms with Crippen molar-refractivity contribution in [2.45, 2.75) is 39.0 Å². The van der Waals surface area contributed by atoms with E-state index in [1.807, 2.05) is 0 Å². The Hall–Kier alpha value is 0.995. The molecular weight excluding hydrogens is 472 g/mol. The van der Waals surface area contributed by atoms with E-state index in [0.717, 1.165) is 19.1 Å². The Labute approximate surface area is 90.6 Å². The van der Waals surface area contributed by atoms with Gasteiger partial charge in [0.25, 0.3) is 0 Å². The Balaban J connectivity index is -0.000000245. The summed E-state index contributed by atoms with van der Waals surface area (Å²) in [7, 11) is 0. The minimum absolute atomic E-state index is 0. The van der Waals surface area contributed by atoms with Crippen LogP contribution in [-0.2, 0) is 45.6 Å². The summed E-state index contributed by atoms with van der Waals surface area (Å²) in [5.74, 6) is 0. The number of unbranched alkanes of at least 4 members (excludes halogenated alkanes) is 4. The molecule has 0 saturated heterocycles. The second-order valence-electron chi connectivity index (χ2n) is 2.02. The third-order valence-corrected chi connectivity index (χ3v) is 1.18. The summed E-state index contributed by atoms with van der Waals surface area (Å²) >= 11 is 0. The molecular formula is C7H14ORe2. The number of rotatable bonds is 5. The first-order valence-corrected chi connectivity index (χ1v) is 3.35. The van der Waals surface area contributed by atoms with E-state index >= 15 is 0 Å². The molecule has 2 radical (unpaired) electrons. The van der Waals surface area contributed by atoms with Crippen molar-refractivity contribution >= 4 is 6.29 Å². The minimum Gasteiger partial charge on any atom is -0.303 e. The summed E-state index contributed by atoms with van der Waals surface area (Å²) in [6.07, 6.45) is 6.56. The molecule has 0 heterocycles. The van der Waals surface area contributed by atoms with Crippen LogP contribution in [0.5, 0.6) is 0 Å². The molecule has 0 N–H and O–H groups in total. The first-order valence-electron chi connectivity index (χ1n) is 3.35. The van der Waals surface area contributed by atoms with Crippen molar-refractivity contribution in [3.8, 4) is 0 Å². The van der Waals surface area contributed by atoms with E-state index in [-0.39, 0.29) is 40.8 Å². The van der Waals surface area contributed by atoms with Gasteiger partial charge in [0.05, 0.1) is 0 Å². The van der Waals surface area contributed by atoms with Crippen LogP contribution in [0.3, 0.4) is 0 Å². The van der Waals surface area contributed by atoms with Crippen molar-refractivity contribution in [3.05, 3.63) is 0 Å². The topological polar surface area (TPSA) is 17.1 Å². The number of aldehydes is 1. The third kappa shape index (κ3) is 16.0. The maximum absolute atomic E-state index is 9.77. The van der Waals surface area contributed by atoms with E-state index in [9.17, 15) is 4.79 Å². The van der Waals surface area contributed by atoms with E-state index in [1.165, 1.54) is 19.3 Å². The van der Waals surface area contributed by atoms with Gasteiger partial charge in [-0.15, -0.1) is 0 Å². The quantitative estimate of drug-likeness (QED) is 0.430. The van der Waals surface area contributed by atoms with E-state index < -0.39 is 0 Å². The van der Waals surface area contributed by atoms with Crippen LogP contribution in [0, 0.1) is 0 Å². The maximum Gasteiger partial charge on any atom is 0.119 e. The van der Waals surface area contributed by atoms with Crippen LogP contribution < -0.4 is 0 Å². The Kier molecular flexibility index (Phi) is 28.4. The normalized spacial score (nSPS) is 7.30. The average molecular weight is 487 g/mol. The van der Waals surface area contributed by atoms with Crippen molar-refractivity contribution < 1.29 is 45.6 Å². The number of carbonyl (C=O) groups excluding carboxylic acids is 1. The molecule has 0 aliphatic heterocycles. The van der Waals surface area contributed by atoms with Gasteiger partial charge in [-0.3, -0.25) is 0 Å². The van der Waals surface area contributed by atoms with Gasteiger partial charge in [-0.05, 0) is 6.42 Å². The zero-order valence-corrected chi connectivity index (χ0v) is 11.7. The van der Waals surface area contributed by atoms with Gasteiger partial charge in [-0.1, -0.05) is 26.2 Å². The zero-order chi connectivity index (χ0) is 6.24. The predicted molar refractivity (Wildman–Crippen MR) is 34.8 cm³/mol. The molecule has 0 bridgehead atoms. The first-order chi connectivity index (χ1) is 3.91. The monoisotopic (exact) mass is 488 g/mol. The standard InChI is InChI=1S/C7H14O.2Re/c1-2-3-4-5-6-7-8;;/h7H,2-6H2,1H3;;. The minimum atomic E-state index is 0. The molecule has 1 nitrogen and oxygen atoms in total. The van der Waals surface area contributed by atoms with Crippen molar-refractivity contribution in [3.63, 3.8) is 0 Å². The van der Waals surface area contributed by atoms with E-state index in [4.69, 9.17) is 0 Å². The fourth-order valence-corrected chi connectivity index (χ4v) is 0.654. The van der Waals surface area contributed by atoms with Crippen LogP contribution >= 0.6 is 0 Å². The Morgan fingerprint density at radius 1 is 1.10 bits per heavy atom. The van der Waals surface area contributed by atoms with Gasteiger partial charge < -0.3 is 4.79 Å². The third-order valence-electron chi connectivity index (χ3n) is 1.18. The zero-order valence-electron chi connectivity index (χ0n) is 6.28. The van der Waals surface area contributed by atoms with Crippen LogP contribution in [0.4, 0.5) is 0 Å². The molecule has 10 heavy (non-hydrogen) atoms. The van der Waals surface area contributed by atoms with Gasteiger partial charge in [-0.2, -0.15) is 0 Å². The van der Waals surface area contributed by atoms with Crippen LogP contribution in [0.1, 0.15) is 39.0 Å². The number of hydrogen-bond acceptors (Lipinski definition) is 1. The largest absolute Gasteiger partial charge is 0.303 e. The predicted octanol–water partition coefficient (Wildman–Crippen LogP) is 2.15. The summed E-state index contributed by atoms with van der Waals surface area (Å²) in [6, 6.07) is 0. The molecule has 0 spiro atoms. The molecule has 0 rings (SSSR count). The van der Waals surface area contributed by atoms with E-state index in [2.05, 4.69) is 6.92 Å². The van der Waals surface area contributed by atoms with Gasteiger partial charge in [0.1, 0.15) is 6.29 Å². The number of carbonyl (C=O) groups is 1.